The monoisotopic (exact) mass is 450 g/mol. The van der Waals surface area contributed by atoms with Gasteiger partial charge in [-0.3, -0.25) is 9.59 Å². The molecule has 0 bridgehead atoms. The molecule has 0 N–H and O–H groups in total. The molecule has 1 aromatic rings. The molecule has 126 valence electrons. The maximum Gasteiger partial charge on any atom is 0.323 e. The molecule has 0 aromatic heterocycles. The normalized spacial score (nSPS) is 14.9. The molecule has 1 rings (SSSR count). The Morgan fingerprint density at radius 3 is 2.26 bits per heavy atom. The largest absolute Gasteiger partial charge is 0.465 e. The number of ketones is 1. The van der Waals surface area contributed by atoms with Gasteiger partial charge in [0.05, 0.1) is 11.5 Å². The van der Waals surface area contributed by atoms with Gasteiger partial charge >= 0.3 is 5.97 Å². The second kappa shape index (κ2) is 8.05. The van der Waals surface area contributed by atoms with Crippen LogP contribution in [-0.4, -0.2) is 31.2 Å². The number of halogens is 1. The van der Waals surface area contributed by atoms with E-state index in [-0.39, 0.29) is 21.5 Å². The van der Waals surface area contributed by atoms with Gasteiger partial charge in [0.15, 0.2) is 15.6 Å². The van der Waals surface area contributed by atoms with Crippen molar-refractivity contribution in [2.45, 2.75) is 25.7 Å². The van der Waals surface area contributed by atoms with E-state index in [0.29, 0.717) is 0 Å². The number of benzene rings is 1. The first kappa shape index (κ1) is 19.8. The minimum Gasteiger partial charge on any atom is -0.465 e. The maximum atomic E-state index is 12.5. The van der Waals surface area contributed by atoms with Crippen LogP contribution in [0.3, 0.4) is 0 Å². The van der Waals surface area contributed by atoms with Crippen molar-refractivity contribution in [1.82, 2.24) is 0 Å². The average Bonchev–Trinajstić information content (AvgIpc) is 2.52. The summed E-state index contributed by atoms with van der Waals surface area (Å²) < 4.78 is 30.2. The summed E-state index contributed by atoms with van der Waals surface area (Å²) in [7, 11) is -3.76. The van der Waals surface area contributed by atoms with Crippen molar-refractivity contribution in [3.05, 3.63) is 41.3 Å². The molecular formula is C16H19IO5S. The third-order valence-electron chi connectivity index (χ3n) is 3.54. The maximum absolute atomic E-state index is 12.5. The summed E-state index contributed by atoms with van der Waals surface area (Å²) in [6.07, 6.45) is 0. The third kappa shape index (κ3) is 4.41. The second-order valence-corrected chi connectivity index (χ2v) is 7.60. The van der Waals surface area contributed by atoms with Crippen molar-refractivity contribution in [3.8, 4) is 0 Å². The van der Waals surface area contributed by atoms with Gasteiger partial charge in [-0.2, -0.15) is 0 Å². The zero-order chi connectivity index (χ0) is 17.7. The Bertz CT molecular complexity index is 709. The lowest BCUT2D eigenvalue weighted by atomic mass is 9.80. The highest BCUT2D eigenvalue weighted by atomic mass is 127. The number of sulfone groups is 1. The molecule has 1 atom stereocenters. The Kier molecular flexibility index (Phi) is 6.94. The fourth-order valence-corrected chi connectivity index (χ4v) is 4.57. The highest BCUT2D eigenvalue weighted by molar-refractivity contribution is 14.1. The SMILES string of the molecule is CCOC(=O)[C@](C)(C(C)=O)/C(=C/S(=O)(=O)c1ccccc1)CI. The van der Waals surface area contributed by atoms with Gasteiger partial charge in [-0.25, -0.2) is 8.42 Å². The van der Waals surface area contributed by atoms with E-state index in [2.05, 4.69) is 0 Å². The molecule has 23 heavy (non-hydrogen) atoms. The van der Waals surface area contributed by atoms with Crippen LogP contribution in [0.4, 0.5) is 0 Å². The van der Waals surface area contributed by atoms with Crippen LogP contribution in [0.5, 0.6) is 0 Å². The van der Waals surface area contributed by atoms with Gasteiger partial charge in [0.2, 0.25) is 0 Å². The molecule has 0 aliphatic heterocycles. The molecule has 0 fully saturated rings. The first-order valence-electron chi connectivity index (χ1n) is 6.95. The van der Waals surface area contributed by atoms with E-state index < -0.39 is 27.0 Å². The number of alkyl halides is 1. The first-order chi connectivity index (χ1) is 10.7. The van der Waals surface area contributed by atoms with Crippen LogP contribution in [0, 0.1) is 5.41 Å². The zero-order valence-corrected chi connectivity index (χ0v) is 16.2. The van der Waals surface area contributed by atoms with Crippen LogP contribution in [-0.2, 0) is 24.2 Å². The number of Topliss-reactive ketones (excluding diaryl/α,β-unsaturated/α-hetero) is 1. The van der Waals surface area contributed by atoms with Crippen LogP contribution in [0.15, 0.2) is 46.2 Å². The van der Waals surface area contributed by atoms with Gasteiger partial charge in [-0.1, -0.05) is 40.8 Å². The molecule has 0 aliphatic rings. The smallest absolute Gasteiger partial charge is 0.323 e. The lowest BCUT2D eigenvalue weighted by molar-refractivity contribution is -0.155. The van der Waals surface area contributed by atoms with E-state index in [4.69, 9.17) is 4.74 Å². The molecule has 5 nitrogen and oxygen atoms in total. The Morgan fingerprint density at radius 1 is 1.26 bits per heavy atom. The van der Waals surface area contributed by atoms with E-state index in [9.17, 15) is 18.0 Å². The summed E-state index contributed by atoms with van der Waals surface area (Å²) in [4.78, 5) is 24.4. The first-order valence-corrected chi connectivity index (χ1v) is 10.0. The summed E-state index contributed by atoms with van der Waals surface area (Å²) in [5.74, 6) is -1.19. The Labute approximate surface area is 150 Å². The molecule has 0 saturated heterocycles. The predicted octanol–water partition coefficient (Wildman–Crippen LogP) is 2.94. The third-order valence-corrected chi connectivity index (χ3v) is 5.89. The van der Waals surface area contributed by atoms with Crippen LogP contribution in [0.25, 0.3) is 0 Å². The van der Waals surface area contributed by atoms with Gasteiger partial charge in [0.25, 0.3) is 0 Å². The fourth-order valence-electron chi connectivity index (χ4n) is 1.92. The Hall–Kier alpha value is -1.22. The molecule has 0 unspecified atom stereocenters. The number of ether oxygens (including phenoxy) is 1. The van der Waals surface area contributed by atoms with Crippen LogP contribution in [0.2, 0.25) is 0 Å². The number of carbonyl (C=O) groups excluding carboxylic acids is 2. The quantitative estimate of drug-likeness (QED) is 0.276. The number of hydrogen-bond acceptors (Lipinski definition) is 5. The summed E-state index contributed by atoms with van der Waals surface area (Å²) in [6, 6.07) is 7.86. The van der Waals surface area contributed by atoms with Crippen LogP contribution >= 0.6 is 22.6 Å². The van der Waals surface area contributed by atoms with Crippen molar-refractivity contribution in [1.29, 1.82) is 0 Å². The molecule has 0 radical (unpaired) electrons. The highest BCUT2D eigenvalue weighted by Crippen LogP contribution is 2.33. The Morgan fingerprint density at radius 2 is 1.83 bits per heavy atom. The van der Waals surface area contributed by atoms with Crippen LogP contribution in [0.1, 0.15) is 20.8 Å². The zero-order valence-electron chi connectivity index (χ0n) is 13.2. The molecule has 0 amide bonds. The van der Waals surface area contributed by atoms with E-state index in [1.165, 1.54) is 26.0 Å². The van der Waals surface area contributed by atoms with E-state index in [0.717, 1.165) is 5.41 Å². The van der Waals surface area contributed by atoms with Gasteiger partial charge in [-0.15, -0.1) is 0 Å². The minimum atomic E-state index is -3.76. The molecule has 7 heteroatoms. The fraction of sp³-hybridized carbons (Fsp3) is 0.375. The average molecular weight is 450 g/mol. The second-order valence-electron chi connectivity index (χ2n) is 5.04. The lowest BCUT2D eigenvalue weighted by Gasteiger charge is -2.26. The standard InChI is InChI=1S/C16H19IO5S/c1-4-22-15(19)16(3,12(2)18)13(10-17)11-23(20,21)14-8-6-5-7-9-14/h5-9,11H,4,10H2,1-3H3/b13-11+/t16-/m1/s1. The van der Waals surface area contributed by atoms with Crippen molar-refractivity contribution in [2.24, 2.45) is 5.41 Å². The number of rotatable bonds is 7. The molecule has 1 aromatic carbocycles. The molecule has 0 spiro atoms. The molecule has 0 saturated carbocycles. The summed E-state index contributed by atoms with van der Waals surface area (Å²) in [5, 5.41) is 1.01. The highest BCUT2D eigenvalue weighted by Gasteiger charge is 2.43. The van der Waals surface area contributed by atoms with Gasteiger partial charge in [0, 0.05) is 9.84 Å². The number of carbonyl (C=O) groups is 2. The number of hydrogen-bond donors (Lipinski definition) is 0. The molecular weight excluding hydrogens is 431 g/mol. The Balaban J connectivity index is 3.44. The van der Waals surface area contributed by atoms with Crippen LogP contribution < -0.4 is 0 Å². The predicted molar refractivity (Wildman–Crippen MR) is 96.0 cm³/mol. The summed E-state index contributed by atoms with van der Waals surface area (Å²) in [5.41, 5.74) is -1.41. The van der Waals surface area contributed by atoms with Crippen molar-refractivity contribution in [2.75, 3.05) is 11.0 Å². The number of esters is 1. The lowest BCUT2D eigenvalue weighted by Crippen LogP contribution is -2.39. The summed E-state index contributed by atoms with van der Waals surface area (Å²) >= 11 is 1.94. The summed E-state index contributed by atoms with van der Waals surface area (Å²) in [6.45, 7) is 4.40. The van der Waals surface area contributed by atoms with Gasteiger partial charge in [-0.05, 0) is 38.5 Å². The topological polar surface area (TPSA) is 77.5 Å². The molecule has 0 heterocycles. The molecule has 0 aliphatic carbocycles. The van der Waals surface area contributed by atoms with E-state index in [1.807, 2.05) is 22.6 Å². The van der Waals surface area contributed by atoms with Gasteiger partial charge < -0.3 is 4.74 Å². The van der Waals surface area contributed by atoms with Crippen molar-refractivity contribution >= 4 is 44.2 Å². The van der Waals surface area contributed by atoms with Gasteiger partial charge in [0.1, 0.15) is 5.41 Å². The van der Waals surface area contributed by atoms with E-state index in [1.54, 1.807) is 25.1 Å². The minimum absolute atomic E-state index is 0.108. The van der Waals surface area contributed by atoms with Crippen molar-refractivity contribution in [3.63, 3.8) is 0 Å². The van der Waals surface area contributed by atoms with E-state index >= 15 is 0 Å². The van der Waals surface area contributed by atoms with Crippen molar-refractivity contribution < 1.29 is 22.7 Å².